The molecule has 0 aromatic heterocycles. The lowest BCUT2D eigenvalue weighted by molar-refractivity contribution is 0.575. The van der Waals surface area contributed by atoms with Gasteiger partial charge in [-0.1, -0.05) is 24.6 Å². The second kappa shape index (κ2) is 5.33. The Morgan fingerprint density at radius 3 is 2.47 bits per heavy atom. The molecule has 1 unspecified atom stereocenters. The molecule has 0 fully saturated rings. The van der Waals surface area contributed by atoms with Gasteiger partial charge in [0.05, 0.1) is 22.6 Å². The first-order valence-electron chi connectivity index (χ1n) is 5.61. The number of aryl methyl sites for hydroxylation is 2. The van der Waals surface area contributed by atoms with Crippen LogP contribution in [0.2, 0.25) is 0 Å². The molecule has 0 saturated carbocycles. The third kappa shape index (κ3) is 2.86. The molecule has 0 aliphatic heterocycles. The summed E-state index contributed by atoms with van der Waals surface area (Å²) in [6, 6.07) is 7.23. The minimum atomic E-state index is -3.38. The summed E-state index contributed by atoms with van der Waals surface area (Å²) in [4.78, 5) is 0.352. The van der Waals surface area contributed by atoms with Crippen LogP contribution in [0.3, 0.4) is 0 Å². The van der Waals surface area contributed by atoms with Crippen molar-refractivity contribution in [3.8, 4) is 6.07 Å². The first-order valence-corrected chi connectivity index (χ1v) is 7.16. The normalized spacial score (nSPS) is 13.1. The Hall–Kier alpha value is -1.34. The van der Waals surface area contributed by atoms with Crippen molar-refractivity contribution in [1.82, 2.24) is 0 Å². The van der Waals surface area contributed by atoms with Crippen molar-refractivity contribution in [2.24, 2.45) is 0 Å². The predicted octanol–water partition coefficient (Wildman–Crippen LogP) is 2.77. The lowest BCUT2D eigenvalue weighted by Crippen LogP contribution is -2.21. The highest BCUT2D eigenvalue weighted by Gasteiger charge is 2.27. The van der Waals surface area contributed by atoms with E-state index in [4.69, 9.17) is 5.26 Å². The zero-order chi connectivity index (χ0) is 13.1. The molecule has 4 heteroatoms. The molecule has 1 rings (SSSR count). The van der Waals surface area contributed by atoms with Crippen LogP contribution in [0.25, 0.3) is 0 Å². The van der Waals surface area contributed by atoms with Gasteiger partial charge in [-0.05, 0) is 31.9 Å². The molecule has 0 radical (unpaired) electrons. The summed E-state index contributed by atoms with van der Waals surface area (Å²) in [6.45, 7) is 5.51. The summed E-state index contributed by atoms with van der Waals surface area (Å²) >= 11 is 0. The van der Waals surface area contributed by atoms with Crippen LogP contribution in [-0.2, 0) is 9.84 Å². The van der Waals surface area contributed by atoms with Crippen molar-refractivity contribution in [3.63, 3.8) is 0 Å². The summed E-state index contributed by atoms with van der Waals surface area (Å²) in [7, 11) is -3.38. The van der Waals surface area contributed by atoms with Gasteiger partial charge in [-0.2, -0.15) is 5.26 Å². The molecule has 0 N–H and O–H groups in total. The average molecular weight is 251 g/mol. The van der Waals surface area contributed by atoms with Crippen molar-refractivity contribution in [3.05, 3.63) is 29.3 Å². The quantitative estimate of drug-likeness (QED) is 0.826. The Bertz CT molecular complexity index is 541. The highest BCUT2D eigenvalue weighted by atomic mass is 32.2. The Balaban J connectivity index is 3.26. The lowest BCUT2D eigenvalue weighted by atomic mass is 10.2. The van der Waals surface area contributed by atoms with E-state index in [1.807, 2.05) is 19.1 Å². The predicted molar refractivity (Wildman–Crippen MR) is 67.4 cm³/mol. The SMILES string of the molecule is CCC(CC#N)S(=O)(=O)c1ccc(C)cc1C. The van der Waals surface area contributed by atoms with Crippen LogP contribution in [0.1, 0.15) is 30.9 Å². The van der Waals surface area contributed by atoms with Gasteiger partial charge < -0.3 is 0 Å². The van der Waals surface area contributed by atoms with E-state index < -0.39 is 15.1 Å². The smallest absolute Gasteiger partial charge is 0.182 e. The number of hydrogen-bond acceptors (Lipinski definition) is 3. The van der Waals surface area contributed by atoms with Gasteiger partial charge in [0.15, 0.2) is 9.84 Å². The number of nitriles is 1. The zero-order valence-electron chi connectivity index (χ0n) is 10.4. The zero-order valence-corrected chi connectivity index (χ0v) is 11.2. The van der Waals surface area contributed by atoms with E-state index in [1.54, 1.807) is 26.0 Å². The van der Waals surface area contributed by atoms with Gasteiger partial charge in [-0.3, -0.25) is 0 Å². The average Bonchev–Trinajstić information content (AvgIpc) is 2.24. The molecule has 1 atom stereocenters. The number of hydrogen-bond donors (Lipinski definition) is 0. The van der Waals surface area contributed by atoms with E-state index >= 15 is 0 Å². The number of rotatable bonds is 4. The van der Waals surface area contributed by atoms with Crippen LogP contribution in [-0.4, -0.2) is 13.7 Å². The van der Waals surface area contributed by atoms with Crippen molar-refractivity contribution in [2.45, 2.75) is 43.8 Å². The maximum atomic E-state index is 12.3. The standard InChI is InChI=1S/C13H17NO2S/c1-4-12(7-8-14)17(15,16)13-6-5-10(2)9-11(13)3/h5-6,9,12H,4,7H2,1-3H3. The van der Waals surface area contributed by atoms with Crippen molar-refractivity contribution in [2.75, 3.05) is 0 Å². The van der Waals surface area contributed by atoms with Crippen LogP contribution in [0, 0.1) is 25.2 Å². The second-order valence-electron chi connectivity index (χ2n) is 4.21. The molecule has 1 aromatic rings. The highest BCUT2D eigenvalue weighted by Crippen LogP contribution is 2.24. The largest absolute Gasteiger partial charge is 0.223 e. The molecule has 0 spiro atoms. The molecule has 92 valence electrons. The molecular weight excluding hydrogens is 234 g/mol. The second-order valence-corrected chi connectivity index (χ2v) is 6.40. The fourth-order valence-electron chi connectivity index (χ4n) is 1.87. The van der Waals surface area contributed by atoms with E-state index in [9.17, 15) is 8.42 Å². The molecule has 3 nitrogen and oxygen atoms in total. The van der Waals surface area contributed by atoms with Gasteiger partial charge in [-0.25, -0.2) is 8.42 Å². The first-order chi connectivity index (χ1) is 7.93. The molecule has 0 bridgehead atoms. The van der Waals surface area contributed by atoms with Crippen LogP contribution >= 0.6 is 0 Å². The van der Waals surface area contributed by atoms with Gasteiger partial charge >= 0.3 is 0 Å². The molecule has 0 saturated heterocycles. The van der Waals surface area contributed by atoms with E-state index in [2.05, 4.69) is 0 Å². The number of benzene rings is 1. The van der Waals surface area contributed by atoms with Crippen molar-refractivity contribution < 1.29 is 8.42 Å². The topological polar surface area (TPSA) is 57.9 Å². The number of sulfone groups is 1. The third-order valence-corrected chi connectivity index (χ3v) is 5.30. The highest BCUT2D eigenvalue weighted by molar-refractivity contribution is 7.92. The van der Waals surface area contributed by atoms with Gasteiger partial charge in [0.1, 0.15) is 0 Å². The van der Waals surface area contributed by atoms with E-state index in [1.165, 1.54) is 0 Å². The van der Waals surface area contributed by atoms with E-state index in [0.717, 1.165) is 11.1 Å². The van der Waals surface area contributed by atoms with Gasteiger partial charge in [-0.15, -0.1) is 0 Å². The fraction of sp³-hybridized carbons (Fsp3) is 0.462. The summed E-state index contributed by atoms with van der Waals surface area (Å²) in [5.41, 5.74) is 1.79. The monoisotopic (exact) mass is 251 g/mol. The molecule has 0 amide bonds. The maximum absolute atomic E-state index is 12.3. The van der Waals surface area contributed by atoms with Crippen molar-refractivity contribution >= 4 is 9.84 Å². The Labute approximate surface area is 103 Å². The van der Waals surface area contributed by atoms with Gasteiger partial charge in [0.2, 0.25) is 0 Å². The lowest BCUT2D eigenvalue weighted by Gasteiger charge is -2.15. The Morgan fingerprint density at radius 1 is 1.35 bits per heavy atom. The Morgan fingerprint density at radius 2 is 2.00 bits per heavy atom. The van der Waals surface area contributed by atoms with Crippen LogP contribution < -0.4 is 0 Å². The molecular formula is C13H17NO2S. The molecule has 0 heterocycles. The first kappa shape index (κ1) is 13.7. The van der Waals surface area contributed by atoms with Crippen LogP contribution in [0.5, 0.6) is 0 Å². The van der Waals surface area contributed by atoms with Crippen molar-refractivity contribution in [1.29, 1.82) is 5.26 Å². The fourth-order valence-corrected chi connectivity index (χ4v) is 3.73. The molecule has 17 heavy (non-hydrogen) atoms. The van der Waals surface area contributed by atoms with Gasteiger partial charge in [0.25, 0.3) is 0 Å². The summed E-state index contributed by atoms with van der Waals surface area (Å²) in [5.74, 6) is 0. The van der Waals surface area contributed by atoms with Crippen LogP contribution in [0.15, 0.2) is 23.1 Å². The van der Waals surface area contributed by atoms with E-state index in [-0.39, 0.29) is 6.42 Å². The third-order valence-electron chi connectivity index (χ3n) is 2.85. The molecule has 0 aliphatic rings. The summed E-state index contributed by atoms with van der Waals surface area (Å²) in [5, 5.41) is 8.07. The van der Waals surface area contributed by atoms with Crippen LogP contribution in [0.4, 0.5) is 0 Å². The summed E-state index contributed by atoms with van der Waals surface area (Å²) < 4.78 is 24.7. The minimum Gasteiger partial charge on any atom is -0.223 e. The molecule has 1 aromatic carbocycles. The Kier molecular flexibility index (Phi) is 4.30. The minimum absolute atomic E-state index is 0.0478. The number of nitrogens with zero attached hydrogens (tertiary/aromatic N) is 1. The maximum Gasteiger partial charge on any atom is 0.182 e. The van der Waals surface area contributed by atoms with Gasteiger partial charge in [0, 0.05) is 0 Å². The molecule has 0 aliphatic carbocycles. The summed E-state index contributed by atoms with van der Waals surface area (Å²) in [6.07, 6.45) is 0.509. The van der Waals surface area contributed by atoms with E-state index in [0.29, 0.717) is 11.3 Å².